The number of rotatable bonds is 3. The fraction of sp³-hybridized carbons (Fsp3) is 0.467. The van der Waals surface area contributed by atoms with Crippen LogP contribution in [-0.4, -0.2) is 38.3 Å². The molecule has 3 N–H and O–H groups in total. The van der Waals surface area contributed by atoms with E-state index >= 15 is 0 Å². The zero-order chi connectivity index (χ0) is 16.6. The number of guanidine groups is 1. The highest BCUT2D eigenvalue weighted by molar-refractivity contribution is 6.00. The van der Waals surface area contributed by atoms with Gasteiger partial charge < -0.3 is 15.2 Å². The van der Waals surface area contributed by atoms with Gasteiger partial charge in [-0.3, -0.25) is 10.1 Å². The fourth-order valence-electron chi connectivity index (χ4n) is 3.23. The van der Waals surface area contributed by atoms with Crippen molar-refractivity contribution in [2.24, 2.45) is 16.6 Å². The van der Waals surface area contributed by atoms with Gasteiger partial charge in [0.1, 0.15) is 17.2 Å². The molecule has 0 aliphatic carbocycles. The first-order chi connectivity index (χ1) is 11.0. The van der Waals surface area contributed by atoms with Crippen molar-refractivity contribution in [3.63, 3.8) is 0 Å². The van der Waals surface area contributed by atoms with E-state index < -0.39 is 23.1 Å². The second kappa shape index (κ2) is 5.86. The normalized spacial score (nSPS) is 30.4. The number of amides is 1. The summed E-state index contributed by atoms with van der Waals surface area (Å²) in [6.45, 7) is 0.271. The van der Waals surface area contributed by atoms with Crippen molar-refractivity contribution in [3.8, 4) is 0 Å². The lowest BCUT2D eigenvalue weighted by molar-refractivity contribution is -0.140. The van der Waals surface area contributed by atoms with E-state index in [2.05, 4.69) is 10.3 Å². The van der Waals surface area contributed by atoms with Crippen molar-refractivity contribution in [1.82, 2.24) is 5.32 Å². The number of benzene rings is 1. The molecule has 3 atom stereocenters. The Labute approximate surface area is 131 Å². The van der Waals surface area contributed by atoms with Crippen LogP contribution in [0.2, 0.25) is 0 Å². The Morgan fingerprint density at radius 3 is 3.00 bits per heavy atom. The van der Waals surface area contributed by atoms with Gasteiger partial charge in [0.15, 0.2) is 5.96 Å². The lowest BCUT2D eigenvalue weighted by atomic mass is 9.73. The number of methoxy groups -OCH3 is 1. The number of nitrogens with zero attached hydrogens (tertiary/aromatic N) is 1. The highest BCUT2D eigenvalue weighted by Crippen LogP contribution is 2.44. The third kappa shape index (κ3) is 2.68. The molecule has 1 fully saturated rings. The Bertz CT molecular complexity index is 667. The van der Waals surface area contributed by atoms with Crippen LogP contribution in [0.4, 0.5) is 8.78 Å². The predicted molar refractivity (Wildman–Crippen MR) is 77.5 cm³/mol. The van der Waals surface area contributed by atoms with E-state index in [1.54, 1.807) is 0 Å². The quantitative estimate of drug-likeness (QED) is 0.855. The zero-order valence-corrected chi connectivity index (χ0v) is 12.5. The predicted octanol–water partition coefficient (Wildman–Crippen LogP) is 0.656. The molecule has 0 radical (unpaired) electrons. The van der Waals surface area contributed by atoms with Crippen molar-refractivity contribution in [3.05, 3.63) is 35.4 Å². The van der Waals surface area contributed by atoms with Crippen LogP contribution in [0, 0.1) is 17.6 Å². The van der Waals surface area contributed by atoms with E-state index in [4.69, 9.17) is 15.2 Å². The standard InChI is InChI=1S/C15H17F2N3O3/c1-22-6-9-5-11-13(21)19-14(18)20-15(11,7-23-9)10-3-2-8(16)4-12(10)17/h2-4,9,11H,5-7H2,1H3,(H3,18,19,20,21). The second-order valence-electron chi connectivity index (χ2n) is 5.71. The number of nitrogens with one attached hydrogen (secondary N) is 1. The smallest absolute Gasteiger partial charge is 0.232 e. The van der Waals surface area contributed by atoms with Crippen LogP contribution in [-0.2, 0) is 19.8 Å². The zero-order valence-electron chi connectivity index (χ0n) is 12.5. The molecular formula is C15H17F2N3O3. The molecule has 2 aliphatic rings. The number of aliphatic imine (C=N–C) groups is 1. The summed E-state index contributed by atoms with van der Waals surface area (Å²) in [6, 6.07) is 3.18. The summed E-state index contributed by atoms with van der Waals surface area (Å²) in [5.74, 6) is -2.63. The summed E-state index contributed by atoms with van der Waals surface area (Å²) in [7, 11) is 1.53. The Hall–Kier alpha value is -2.06. The lowest BCUT2D eigenvalue weighted by Gasteiger charge is -2.45. The summed E-state index contributed by atoms with van der Waals surface area (Å²) in [4.78, 5) is 16.7. The summed E-state index contributed by atoms with van der Waals surface area (Å²) in [6.07, 6.45) is -0.00491. The first-order valence-electron chi connectivity index (χ1n) is 7.18. The third-order valence-corrected chi connectivity index (χ3v) is 4.25. The molecule has 2 heterocycles. The van der Waals surface area contributed by atoms with Crippen molar-refractivity contribution >= 4 is 11.9 Å². The Morgan fingerprint density at radius 2 is 2.30 bits per heavy atom. The van der Waals surface area contributed by atoms with E-state index in [1.807, 2.05) is 0 Å². The molecular weight excluding hydrogens is 308 g/mol. The largest absolute Gasteiger partial charge is 0.382 e. The molecule has 3 rings (SSSR count). The molecule has 8 heteroatoms. The molecule has 0 saturated carbocycles. The van der Waals surface area contributed by atoms with E-state index in [0.29, 0.717) is 13.0 Å². The highest BCUT2D eigenvalue weighted by atomic mass is 19.1. The molecule has 1 saturated heterocycles. The highest BCUT2D eigenvalue weighted by Gasteiger charge is 2.53. The molecule has 1 amide bonds. The molecule has 23 heavy (non-hydrogen) atoms. The number of fused-ring (bicyclic) bond motifs is 1. The van der Waals surface area contributed by atoms with Gasteiger partial charge in [-0.1, -0.05) is 6.07 Å². The number of hydrogen-bond acceptors (Lipinski definition) is 5. The minimum absolute atomic E-state index is 0.0393. The van der Waals surface area contributed by atoms with Crippen LogP contribution < -0.4 is 11.1 Å². The van der Waals surface area contributed by atoms with Crippen LogP contribution in [0.25, 0.3) is 0 Å². The van der Waals surface area contributed by atoms with E-state index in [0.717, 1.165) is 12.1 Å². The van der Waals surface area contributed by atoms with Gasteiger partial charge in [-0.05, 0) is 12.5 Å². The third-order valence-electron chi connectivity index (χ3n) is 4.25. The topological polar surface area (TPSA) is 85.9 Å². The Kier molecular flexibility index (Phi) is 4.03. The van der Waals surface area contributed by atoms with Gasteiger partial charge in [-0.25, -0.2) is 13.8 Å². The molecule has 1 aromatic rings. The number of halogens is 2. The second-order valence-corrected chi connectivity index (χ2v) is 5.71. The van der Waals surface area contributed by atoms with Crippen LogP contribution in [0.1, 0.15) is 12.0 Å². The van der Waals surface area contributed by atoms with Crippen molar-refractivity contribution in [2.45, 2.75) is 18.1 Å². The average Bonchev–Trinajstić information content (AvgIpc) is 2.48. The molecule has 1 aromatic carbocycles. The number of ether oxygens (including phenoxy) is 2. The number of nitrogens with two attached hydrogens (primary N) is 1. The average molecular weight is 325 g/mol. The van der Waals surface area contributed by atoms with Gasteiger partial charge in [0.2, 0.25) is 5.91 Å². The summed E-state index contributed by atoms with van der Waals surface area (Å²) in [5, 5.41) is 2.46. The van der Waals surface area contributed by atoms with Crippen LogP contribution in [0.3, 0.4) is 0 Å². The van der Waals surface area contributed by atoms with Crippen LogP contribution in [0.5, 0.6) is 0 Å². The maximum atomic E-state index is 14.3. The van der Waals surface area contributed by atoms with Gasteiger partial charge in [0.25, 0.3) is 0 Å². The summed E-state index contributed by atoms with van der Waals surface area (Å²) in [5.41, 5.74) is 4.47. The molecule has 0 aromatic heterocycles. The van der Waals surface area contributed by atoms with Crippen LogP contribution >= 0.6 is 0 Å². The minimum atomic E-state index is -1.30. The maximum Gasteiger partial charge on any atom is 0.232 e. The van der Waals surface area contributed by atoms with Crippen LogP contribution in [0.15, 0.2) is 23.2 Å². The van der Waals surface area contributed by atoms with Crippen molar-refractivity contribution in [1.29, 1.82) is 0 Å². The van der Waals surface area contributed by atoms with Gasteiger partial charge in [-0.15, -0.1) is 0 Å². The molecule has 2 aliphatic heterocycles. The van der Waals surface area contributed by atoms with Gasteiger partial charge >= 0.3 is 0 Å². The molecule has 0 bridgehead atoms. The number of carbonyl (C=O) groups is 1. The molecule has 0 spiro atoms. The van der Waals surface area contributed by atoms with Gasteiger partial charge in [0.05, 0.1) is 25.2 Å². The first-order valence-corrected chi connectivity index (χ1v) is 7.18. The fourth-order valence-corrected chi connectivity index (χ4v) is 3.23. The molecule has 6 nitrogen and oxygen atoms in total. The maximum absolute atomic E-state index is 14.3. The minimum Gasteiger partial charge on any atom is -0.382 e. The summed E-state index contributed by atoms with van der Waals surface area (Å²) >= 11 is 0. The summed E-state index contributed by atoms with van der Waals surface area (Å²) < 4.78 is 38.3. The lowest BCUT2D eigenvalue weighted by Crippen LogP contribution is -2.59. The molecule has 3 unspecified atom stereocenters. The first kappa shape index (κ1) is 15.8. The van der Waals surface area contributed by atoms with Gasteiger partial charge in [-0.2, -0.15) is 0 Å². The van der Waals surface area contributed by atoms with Crippen molar-refractivity contribution < 1.29 is 23.0 Å². The molecule has 124 valence electrons. The van der Waals surface area contributed by atoms with Crippen molar-refractivity contribution in [2.75, 3.05) is 20.3 Å². The SMILES string of the molecule is COCC1CC2C(=O)NC(N)=NC2(c2ccc(F)cc2F)CO1. The number of hydrogen-bond donors (Lipinski definition) is 2. The van der Waals surface area contributed by atoms with E-state index in [-0.39, 0.29) is 30.1 Å². The van der Waals surface area contributed by atoms with E-state index in [9.17, 15) is 13.6 Å². The Morgan fingerprint density at radius 1 is 1.52 bits per heavy atom. The van der Waals surface area contributed by atoms with Gasteiger partial charge in [0, 0.05) is 18.7 Å². The number of carbonyl (C=O) groups excluding carboxylic acids is 1. The van der Waals surface area contributed by atoms with E-state index in [1.165, 1.54) is 13.2 Å². The Balaban J connectivity index is 2.08. The monoisotopic (exact) mass is 325 g/mol.